The summed E-state index contributed by atoms with van der Waals surface area (Å²) in [7, 11) is 3.47. The monoisotopic (exact) mass is 364 g/mol. The summed E-state index contributed by atoms with van der Waals surface area (Å²) in [6.45, 7) is 5.63. The van der Waals surface area contributed by atoms with Crippen LogP contribution in [0.15, 0.2) is 29.7 Å². The second-order valence-corrected chi connectivity index (χ2v) is 6.28. The van der Waals surface area contributed by atoms with E-state index in [4.69, 9.17) is 9.47 Å². The third-order valence-corrected chi connectivity index (χ3v) is 4.65. The third-order valence-electron chi connectivity index (χ3n) is 3.63. The lowest BCUT2D eigenvalue weighted by Crippen LogP contribution is -2.31. The van der Waals surface area contributed by atoms with Crippen molar-refractivity contribution in [2.75, 3.05) is 26.0 Å². The SMILES string of the molecule is CCOc1ccc(CN(CC)C(=O)CSc2nncn2C)cc1OC. The molecular weight excluding hydrogens is 340 g/mol. The Labute approximate surface area is 152 Å². The molecule has 2 rings (SSSR count). The smallest absolute Gasteiger partial charge is 0.233 e. The van der Waals surface area contributed by atoms with Crippen LogP contribution in [0.5, 0.6) is 11.5 Å². The van der Waals surface area contributed by atoms with Gasteiger partial charge in [0.25, 0.3) is 0 Å². The first-order chi connectivity index (χ1) is 12.1. The van der Waals surface area contributed by atoms with Gasteiger partial charge in [0.1, 0.15) is 6.33 Å². The van der Waals surface area contributed by atoms with E-state index in [0.29, 0.717) is 36.9 Å². The topological polar surface area (TPSA) is 69.5 Å². The van der Waals surface area contributed by atoms with Gasteiger partial charge in [-0.25, -0.2) is 0 Å². The molecule has 0 spiro atoms. The average molecular weight is 364 g/mol. The molecule has 0 bridgehead atoms. The minimum atomic E-state index is 0.0587. The van der Waals surface area contributed by atoms with E-state index in [1.807, 2.05) is 39.1 Å². The van der Waals surface area contributed by atoms with Crippen molar-refractivity contribution in [3.63, 3.8) is 0 Å². The first kappa shape index (κ1) is 19.1. The van der Waals surface area contributed by atoms with Crippen LogP contribution in [-0.2, 0) is 18.4 Å². The molecule has 0 aliphatic heterocycles. The molecule has 0 unspecified atom stereocenters. The van der Waals surface area contributed by atoms with Crippen LogP contribution >= 0.6 is 11.8 Å². The third kappa shape index (κ3) is 5.12. The highest BCUT2D eigenvalue weighted by Gasteiger charge is 2.15. The number of aromatic nitrogens is 3. The Hall–Kier alpha value is -2.22. The maximum absolute atomic E-state index is 12.5. The quantitative estimate of drug-likeness (QED) is 0.636. The summed E-state index contributed by atoms with van der Waals surface area (Å²) in [6.07, 6.45) is 1.62. The van der Waals surface area contributed by atoms with E-state index in [2.05, 4.69) is 10.2 Å². The maximum Gasteiger partial charge on any atom is 0.233 e. The van der Waals surface area contributed by atoms with Crippen molar-refractivity contribution in [2.45, 2.75) is 25.5 Å². The average Bonchev–Trinajstić information content (AvgIpc) is 3.03. The van der Waals surface area contributed by atoms with E-state index in [1.165, 1.54) is 11.8 Å². The van der Waals surface area contributed by atoms with Gasteiger partial charge in [-0.1, -0.05) is 17.8 Å². The van der Waals surface area contributed by atoms with Gasteiger partial charge in [-0.3, -0.25) is 4.79 Å². The van der Waals surface area contributed by atoms with E-state index < -0.39 is 0 Å². The van der Waals surface area contributed by atoms with Crippen molar-refractivity contribution in [3.05, 3.63) is 30.1 Å². The number of thioether (sulfide) groups is 1. The molecule has 0 saturated heterocycles. The largest absolute Gasteiger partial charge is 0.493 e. The van der Waals surface area contributed by atoms with Gasteiger partial charge in [-0.05, 0) is 31.5 Å². The van der Waals surface area contributed by atoms with Gasteiger partial charge in [0.2, 0.25) is 5.91 Å². The number of methoxy groups -OCH3 is 1. The zero-order valence-electron chi connectivity index (χ0n) is 15.1. The molecule has 0 fully saturated rings. The van der Waals surface area contributed by atoms with Crippen molar-refractivity contribution in [1.82, 2.24) is 19.7 Å². The highest BCUT2D eigenvalue weighted by molar-refractivity contribution is 7.99. The minimum absolute atomic E-state index is 0.0587. The second kappa shape index (κ2) is 9.31. The summed E-state index contributed by atoms with van der Waals surface area (Å²) >= 11 is 1.39. The molecule has 136 valence electrons. The van der Waals surface area contributed by atoms with Crippen molar-refractivity contribution in [2.24, 2.45) is 7.05 Å². The lowest BCUT2D eigenvalue weighted by Gasteiger charge is -2.21. The molecule has 2 aromatic rings. The van der Waals surface area contributed by atoms with Crippen LogP contribution in [0.2, 0.25) is 0 Å². The maximum atomic E-state index is 12.5. The molecule has 8 heteroatoms. The predicted molar refractivity (Wildman–Crippen MR) is 97.0 cm³/mol. The fourth-order valence-corrected chi connectivity index (χ4v) is 3.09. The van der Waals surface area contributed by atoms with Crippen LogP contribution in [0, 0.1) is 0 Å². The van der Waals surface area contributed by atoms with Gasteiger partial charge in [-0.2, -0.15) is 0 Å². The molecule has 1 aromatic heterocycles. The number of amides is 1. The number of hydrogen-bond acceptors (Lipinski definition) is 6. The molecule has 0 aliphatic carbocycles. The molecule has 0 aliphatic rings. The highest BCUT2D eigenvalue weighted by Crippen LogP contribution is 2.28. The molecular formula is C17H24N4O3S. The summed E-state index contributed by atoms with van der Waals surface area (Å²) in [4.78, 5) is 14.3. The summed E-state index contributed by atoms with van der Waals surface area (Å²) in [6, 6.07) is 5.75. The number of carbonyl (C=O) groups is 1. The summed E-state index contributed by atoms with van der Waals surface area (Å²) in [5.74, 6) is 1.77. The van der Waals surface area contributed by atoms with Gasteiger partial charge < -0.3 is 18.9 Å². The zero-order valence-corrected chi connectivity index (χ0v) is 15.9. The van der Waals surface area contributed by atoms with Crippen LogP contribution < -0.4 is 9.47 Å². The Balaban J connectivity index is 2.00. The molecule has 0 atom stereocenters. The number of rotatable bonds is 9. The Morgan fingerprint density at radius 2 is 2.12 bits per heavy atom. The summed E-state index contributed by atoms with van der Waals surface area (Å²) in [5.41, 5.74) is 0.999. The van der Waals surface area contributed by atoms with Crippen LogP contribution in [0.25, 0.3) is 0 Å². The Bertz CT molecular complexity index is 705. The fraction of sp³-hybridized carbons (Fsp3) is 0.471. The molecule has 1 heterocycles. The van der Waals surface area contributed by atoms with Crippen molar-refractivity contribution in [3.8, 4) is 11.5 Å². The number of carbonyl (C=O) groups excluding carboxylic acids is 1. The lowest BCUT2D eigenvalue weighted by molar-refractivity contribution is -0.128. The summed E-state index contributed by atoms with van der Waals surface area (Å²) < 4.78 is 12.7. The van der Waals surface area contributed by atoms with Crippen molar-refractivity contribution >= 4 is 17.7 Å². The van der Waals surface area contributed by atoms with Crippen LogP contribution in [-0.4, -0.2) is 51.6 Å². The first-order valence-electron chi connectivity index (χ1n) is 8.13. The number of ether oxygens (including phenoxy) is 2. The zero-order chi connectivity index (χ0) is 18.2. The Morgan fingerprint density at radius 3 is 2.72 bits per heavy atom. The second-order valence-electron chi connectivity index (χ2n) is 5.34. The lowest BCUT2D eigenvalue weighted by atomic mass is 10.2. The van der Waals surface area contributed by atoms with Gasteiger partial charge in [0.15, 0.2) is 16.7 Å². The van der Waals surface area contributed by atoms with E-state index in [-0.39, 0.29) is 5.91 Å². The standard InChI is InChI=1S/C17H24N4O3S/c1-5-21(16(22)11-25-17-19-18-12-20(17)3)10-13-7-8-14(24-6-2)15(9-13)23-4/h7-9,12H,5-6,10-11H2,1-4H3. The van der Waals surface area contributed by atoms with Crippen LogP contribution in [0.1, 0.15) is 19.4 Å². The van der Waals surface area contributed by atoms with Crippen molar-refractivity contribution in [1.29, 1.82) is 0 Å². The number of hydrogen-bond donors (Lipinski definition) is 0. The van der Waals surface area contributed by atoms with E-state index in [0.717, 1.165) is 10.7 Å². The molecule has 1 amide bonds. The molecule has 25 heavy (non-hydrogen) atoms. The molecule has 0 saturated carbocycles. The predicted octanol–water partition coefficient (Wildman–Crippen LogP) is 2.36. The van der Waals surface area contributed by atoms with Gasteiger partial charge in [0.05, 0.1) is 19.5 Å². The number of benzene rings is 1. The van der Waals surface area contributed by atoms with E-state index in [1.54, 1.807) is 22.9 Å². The van der Waals surface area contributed by atoms with Gasteiger partial charge in [0, 0.05) is 20.1 Å². The molecule has 0 radical (unpaired) electrons. The normalized spacial score (nSPS) is 10.6. The molecule has 1 aromatic carbocycles. The van der Waals surface area contributed by atoms with Crippen LogP contribution in [0.3, 0.4) is 0 Å². The Kier molecular flexibility index (Phi) is 7.12. The van der Waals surface area contributed by atoms with Crippen LogP contribution in [0.4, 0.5) is 0 Å². The van der Waals surface area contributed by atoms with Crippen molar-refractivity contribution < 1.29 is 14.3 Å². The first-order valence-corrected chi connectivity index (χ1v) is 9.11. The van der Waals surface area contributed by atoms with E-state index >= 15 is 0 Å². The molecule has 7 nitrogen and oxygen atoms in total. The van der Waals surface area contributed by atoms with E-state index in [9.17, 15) is 4.79 Å². The molecule has 0 N–H and O–H groups in total. The van der Waals surface area contributed by atoms with Gasteiger partial charge >= 0.3 is 0 Å². The highest BCUT2D eigenvalue weighted by atomic mass is 32.2. The summed E-state index contributed by atoms with van der Waals surface area (Å²) in [5, 5.41) is 8.53. The van der Waals surface area contributed by atoms with Gasteiger partial charge in [-0.15, -0.1) is 10.2 Å². The number of aryl methyl sites for hydroxylation is 1. The Morgan fingerprint density at radius 1 is 1.32 bits per heavy atom. The minimum Gasteiger partial charge on any atom is -0.493 e. The number of nitrogens with zero attached hydrogens (tertiary/aromatic N) is 4. The fourth-order valence-electron chi connectivity index (χ4n) is 2.30.